The number of carbonyl (C=O) groups excluding carboxylic acids is 2. The van der Waals surface area contributed by atoms with E-state index in [9.17, 15) is 18.0 Å². The molecule has 0 unspecified atom stereocenters. The summed E-state index contributed by atoms with van der Waals surface area (Å²) in [6, 6.07) is 13.5. The lowest BCUT2D eigenvalue weighted by Crippen LogP contribution is -2.33. The second kappa shape index (κ2) is 9.58. The molecular formula is C26H27NO7S. The van der Waals surface area contributed by atoms with Crippen LogP contribution in [0.2, 0.25) is 0 Å². The smallest absolute Gasteiger partial charge is 0.338 e. The second-order valence-corrected chi connectivity index (χ2v) is 10.7. The van der Waals surface area contributed by atoms with Crippen molar-refractivity contribution in [3.63, 3.8) is 0 Å². The van der Waals surface area contributed by atoms with Crippen molar-refractivity contribution in [2.45, 2.75) is 38.3 Å². The predicted molar refractivity (Wildman–Crippen MR) is 129 cm³/mol. The molecule has 0 aliphatic carbocycles. The highest BCUT2D eigenvalue weighted by Gasteiger charge is 2.24. The predicted octanol–water partition coefficient (Wildman–Crippen LogP) is 3.70. The molecular weight excluding hydrogens is 470 g/mol. The summed E-state index contributed by atoms with van der Waals surface area (Å²) in [6.45, 7) is 5.83. The number of hydrogen-bond acceptors (Lipinski definition) is 7. The van der Waals surface area contributed by atoms with Crippen molar-refractivity contribution in [3.8, 4) is 11.5 Å². The van der Waals surface area contributed by atoms with Crippen molar-refractivity contribution >= 4 is 21.6 Å². The molecule has 0 amide bonds. The van der Waals surface area contributed by atoms with E-state index >= 15 is 0 Å². The minimum atomic E-state index is -3.48. The normalized spacial score (nSPS) is 15.0. The van der Waals surface area contributed by atoms with Gasteiger partial charge in [0.05, 0.1) is 17.0 Å². The number of rotatable bonds is 7. The Morgan fingerprint density at radius 2 is 1.74 bits per heavy atom. The lowest BCUT2D eigenvalue weighted by atomic mass is 10.1. The number of ether oxygens (including phenoxy) is 3. The van der Waals surface area contributed by atoms with Crippen LogP contribution in [0.5, 0.6) is 11.5 Å². The van der Waals surface area contributed by atoms with Crippen LogP contribution in [0.15, 0.2) is 53.4 Å². The van der Waals surface area contributed by atoms with Crippen LogP contribution in [0.3, 0.4) is 0 Å². The van der Waals surface area contributed by atoms with Gasteiger partial charge in [0.15, 0.2) is 34.0 Å². The first-order chi connectivity index (χ1) is 16.5. The summed E-state index contributed by atoms with van der Waals surface area (Å²) in [5.74, 6) is 0.298. The van der Waals surface area contributed by atoms with Crippen molar-refractivity contribution in [2.24, 2.45) is 0 Å². The number of para-hydroxylation sites is 2. The van der Waals surface area contributed by atoms with Crippen LogP contribution in [0.25, 0.3) is 0 Å². The van der Waals surface area contributed by atoms with Crippen LogP contribution < -0.4 is 9.47 Å². The van der Waals surface area contributed by atoms with Crippen LogP contribution in [0.4, 0.5) is 0 Å². The van der Waals surface area contributed by atoms with E-state index in [1.54, 1.807) is 13.0 Å². The number of benzene rings is 2. The number of nitrogens with zero attached hydrogens (tertiary/aromatic N) is 1. The number of sulfone groups is 1. The van der Waals surface area contributed by atoms with Crippen LogP contribution in [0.1, 0.15) is 37.7 Å². The number of hydrogen-bond donors (Lipinski definition) is 0. The summed E-state index contributed by atoms with van der Waals surface area (Å²) in [5.41, 5.74) is 2.73. The van der Waals surface area contributed by atoms with E-state index in [1.165, 1.54) is 18.2 Å². The number of aryl methyl sites for hydroxylation is 2. The molecule has 3 aromatic rings. The number of fused-ring (bicyclic) bond motifs is 1. The average Bonchev–Trinajstić information content (AvgIpc) is 3.10. The molecule has 0 bridgehead atoms. The molecule has 9 heteroatoms. The standard InChI is InChI=1S/C26H27NO7S/c1-16-9-10-20(35(4,30)31)12-21(16)26(29)33-15-23(28)22-11-17(2)27(18(22)3)13-19-14-32-24-7-5-6-8-25(24)34-19/h5-12,19H,13-15H2,1-4H3/t19-/m1/s1. The molecule has 0 radical (unpaired) electrons. The zero-order valence-corrected chi connectivity index (χ0v) is 20.8. The first kappa shape index (κ1) is 24.5. The molecule has 1 aliphatic rings. The Bertz CT molecular complexity index is 1410. The van der Waals surface area contributed by atoms with Crippen molar-refractivity contribution < 1.29 is 32.2 Å². The average molecular weight is 498 g/mol. The molecule has 4 rings (SSSR count). The third-order valence-electron chi connectivity index (χ3n) is 6.02. The van der Waals surface area contributed by atoms with Gasteiger partial charge >= 0.3 is 5.97 Å². The molecule has 2 aromatic carbocycles. The molecule has 0 saturated heterocycles. The largest absolute Gasteiger partial charge is 0.486 e. The van der Waals surface area contributed by atoms with Gasteiger partial charge in [-0.1, -0.05) is 18.2 Å². The van der Waals surface area contributed by atoms with Crippen molar-refractivity contribution in [1.82, 2.24) is 4.57 Å². The Morgan fingerprint density at radius 3 is 2.46 bits per heavy atom. The molecule has 35 heavy (non-hydrogen) atoms. The Balaban J connectivity index is 1.44. The highest BCUT2D eigenvalue weighted by molar-refractivity contribution is 7.90. The Morgan fingerprint density at radius 1 is 1.03 bits per heavy atom. The molecule has 1 aromatic heterocycles. The first-order valence-corrected chi connectivity index (χ1v) is 13.0. The summed E-state index contributed by atoms with van der Waals surface area (Å²) in [7, 11) is -3.48. The number of ketones is 1. The molecule has 0 N–H and O–H groups in total. The van der Waals surface area contributed by atoms with Gasteiger partial charge in [-0.15, -0.1) is 0 Å². The zero-order valence-electron chi connectivity index (χ0n) is 20.0. The topological polar surface area (TPSA) is 101 Å². The molecule has 2 heterocycles. The van der Waals surface area contributed by atoms with Gasteiger partial charge in [0.2, 0.25) is 5.78 Å². The summed E-state index contributed by atoms with van der Waals surface area (Å²) in [4.78, 5) is 25.5. The van der Waals surface area contributed by atoms with Gasteiger partial charge in [-0.2, -0.15) is 0 Å². The van der Waals surface area contributed by atoms with Crippen LogP contribution in [-0.2, 0) is 21.1 Å². The minimum absolute atomic E-state index is 0.0152. The zero-order chi connectivity index (χ0) is 25.3. The molecule has 8 nitrogen and oxygen atoms in total. The number of carbonyl (C=O) groups is 2. The van der Waals surface area contributed by atoms with Gasteiger partial charge < -0.3 is 18.8 Å². The third-order valence-corrected chi connectivity index (χ3v) is 7.13. The van der Waals surface area contributed by atoms with Crippen molar-refractivity contribution in [1.29, 1.82) is 0 Å². The maximum Gasteiger partial charge on any atom is 0.338 e. The van der Waals surface area contributed by atoms with Gasteiger partial charge in [-0.25, -0.2) is 13.2 Å². The number of esters is 1. The molecule has 1 aliphatic heterocycles. The fourth-order valence-electron chi connectivity index (χ4n) is 4.06. The van der Waals surface area contributed by atoms with Gasteiger partial charge in [0, 0.05) is 23.2 Å². The maximum absolute atomic E-state index is 12.9. The van der Waals surface area contributed by atoms with Gasteiger partial charge in [-0.3, -0.25) is 4.79 Å². The second-order valence-electron chi connectivity index (χ2n) is 8.64. The van der Waals surface area contributed by atoms with Crippen molar-refractivity contribution in [3.05, 3.63) is 76.6 Å². The Labute approximate surface area is 204 Å². The Hall–Kier alpha value is -3.59. The van der Waals surface area contributed by atoms with Crippen LogP contribution >= 0.6 is 0 Å². The van der Waals surface area contributed by atoms with E-state index in [0.29, 0.717) is 35.8 Å². The quantitative estimate of drug-likeness (QED) is 0.362. The van der Waals surface area contributed by atoms with E-state index in [-0.39, 0.29) is 22.3 Å². The minimum Gasteiger partial charge on any atom is -0.486 e. The van der Waals surface area contributed by atoms with E-state index in [0.717, 1.165) is 17.6 Å². The molecule has 0 saturated carbocycles. The SMILES string of the molecule is Cc1ccc(S(C)(=O)=O)cc1C(=O)OCC(=O)c1cc(C)n(C[C@@H]2COc3ccccc3O2)c1C. The molecule has 1 atom stereocenters. The fraction of sp³-hybridized carbons (Fsp3) is 0.308. The van der Waals surface area contributed by atoms with Gasteiger partial charge in [0.25, 0.3) is 0 Å². The monoisotopic (exact) mass is 497 g/mol. The van der Waals surface area contributed by atoms with Crippen molar-refractivity contribution in [2.75, 3.05) is 19.5 Å². The highest BCUT2D eigenvalue weighted by atomic mass is 32.2. The first-order valence-electron chi connectivity index (χ1n) is 11.1. The highest BCUT2D eigenvalue weighted by Crippen LogP contribution is 2.31. The van der Waals surface area contributed by atoms with E-state index in [4.69, 9.17) is 14.2 Å². The summed E-state index contributed by atoms with van der Waals surface area (Å²) < 4.78 is 42.7. The van der Waals surface area contributed by atoms with Crippen LogP contribution in [-0.4, -0.2) is 50.3 Å². The number of aromatic nitrogens is 1. The van der Waals surface area contributed by atoms with E-state index < -0.39 is 22.4 Å². The molecule has 184 valence electrons. The molecule has 0 spiro atoms. The summed E-state index contributed by atoms with van der Waals surface area (Å²) in [6.07, 6.45) is 0.843. The fourth-order valence-corrected chi connectivity index (χ4v) is 4.71. The Kier molecular flexibility index (Phi) is 6.71. The van der Waals surface area contributed by atoms with Gasteiger partial charge in [-0.05, 0) is 56.7 Å². The lowest BCUT2D eigenvalue weighted by molar-refractivity contribution is 0.0473. The third kappa shape index (κ3) is 5.24. The summed E-state index contributed by atoms with van der Waals surface area (Å²) >= 11 is 0. The maximum atomic E-state index is 12.9. The van der Waals surface area contributed by atoms with E-state index in [1.807, 2.05) is 42.7 Å². The van der Waals surface area contributed by atoms with E-state index in [2.05, 4.69) is 0 Å². The van der Waals surface area contributed by atoms with Crippen LogP contribution in [0, 0.1) is 20.8 Å². The van der Waals surface area contributed by atoms with Gasteiger partial charge in [0.1, 0.15) is 6.61 Å². The summed E-state index contributed by atoms with van der Waals surface area (Å²) in [5, 5.41) is 0. The number of Topliss-reactive ketones (excluding diaryl/α,β-unsaturated/α-hetero) is 1. The molecule has 0 fully saturated rings. The lowest BCUT2D eigenvalue weighted by Gasteiger charge is -2.27.